The molecule has 0 radical (unpaired) electrons. The molecule has 2 aromatic carbocycles. The molecule has 0 aliphatic rings. The zero-order valence-corrected chi connectivity index (χ0v) is 12.3. The molecule has 2 aromatic heterocycles. The Morgan fingerprint density at radius 1 is 0.917 bits per heavy atom. The van der Waals surface area contributed by atoms with Crippen LogP contribution in [0.15, 0.2) is 67.3 Å². The minimum Gasteiger partial charge on any atom is -0.306 e. The summed E-state index contributed by atoms with van der Waals surface area (Å²) in [5.41, 5.74) is 1.82. The molecule has 0 N–H and O–H groups in total. The zero-order chi connectivity index (χ0) is 16.7. The second-order valence-electron chi connectivity index (χ2n) is 5.25. The number of imidazole rings is 2. The first-order chi connectivity index (χ1) is 11.5. The van der Waals surface area contributed by atoms with Crippen molar-refractivity contribution in [3.63, 3.8) is 0 Å². The van der Waals surface area contributed by atoms with Crippen LogP contribution in [0.1, 0.15) is 5.82 Å². The highest BCUT2D eigenvalue weighted by Gasteiger charge is 2.38. The lowest BCUT2D eigenvalue weighted by molar-refractivity contribution is -0.145. The predicted molar refractivity (Wildman–Crippen MR) is 83.2 cm³/mol. The van der Waals surface area contributed by atoms with Crippen LogP contribution in [0.2, 0.25) is 0 Å². The highest BCUT2D eigenvalue weighted by atomic mass is 19.4. The first kappa shape index (κ1) is 14.5. The van der Waals surface area contributed by atoms with E-state index in [1.807, 2.05) is 0 Å². The van der Waals surface area contributed by atoms with Crippen LogP contribution in [0.25, 0.3) is 22.4 Å². The fraction of sp³-hybridized carbons (Fsp3) is 0.0588. The number of aromatic nitrogens is 4. The van der Waals surface area contributed by atoms with Gasteiger partial charge < -0.3 is 4.57 Å². The van der Waals surface area contributed by atoms with Crippen molar-refractivity contribution in [3.05, 3.63) is 73.1 Å². The maximum Gasteiger partial charge on any atom is 0.450 e. The van der Waals surface area contributed by atoms with Crippen molar-refractivity contribution in [2.45, 2.75) is 6.18 Å². The van der Waals surface area contributed by atoms with E-state index in [0.717, 1.165) is 10.3 Å². The van der Waals surface area contributed by atoms with Crippen molar-refractivity contribution in [1.82, 2.24) is 19.1 Å². The summed E-state index contributed by atoms with van der Waals surface area (Å²) in [5, 5.41) is 0. The van der Waals surface area contributed by atoms with Gasteiger partial charge in [-0.25, -0.2) is 9.97 Å². The molecule has 0 bridgehead atoms. The molecule has 2 heterocycles. The number of halogens is 3. The van der Waals surface area contributed by atoms with E-state index < -0.39 is 12.0 Å². The first-order valence-corrected chi connectivity index (χ1v) is 7.17. The molecule has 0 saturated carbocycles. The van der Waals surface area contributed by atoms with E-state index in [1.54, 1.807) is 71.8 Å². The molecule has 0 aliphatic carbocycles. The lowest BCUT2D eigenvalue weighted by Crippen LogP contribution is -2.14. The van der Waals surface area contributed by atoms with Crippen molar-refractivity contribution in [2.24, 2.45) is 0 Å². The Labute approximate surface area is 134 Å². The smallest absolute Gasteiger partial charge is 0.306 e. The van der Waals surface area contributed by atoms with Crippen LogP contribution in [0.3, 0.4) is 0 Å². The highest BCUT2D eigenvalue weighted by Crippen LogP contribution is 2.34. The quantitative estimate of drug-likeness (QED) is 0.552. The fourth-order valence-corrected chi connectivity index (χ4v) is 2.68. The minimum atomic E-state index is -4.55. The third-order valence-electron chi connectivity index (χ3n) is 3.70. The van der Waals surface area contributed by atoms with Gasteiger partial charge in [-0.2, -0.15) is 13.2 Å². The van der Waals surface area contributed by atoms with Gasteiger partial charge >= 0.3 is 6.18 Å². The minimum absolute atomic E-state index is 0.304. The van der Waals surface area contributed by atoms with Gasteiger partial charge in [-0.15, -0.1) is 0 Å². The van der Waals surface area contributed by atoms with Crippen molar-refractivity contribution < 1.29 is 13.2 Å². The Bertz CT molecular complexity index is 1000. The fourth-order valence-electron chi connectivity index (χ4n) is 2.68. The Morgan fingerprint density at radius 2 is 1.71 bits per heavy atom. The van der Waals surface area contributed by atoms with Gasteiger partial charge in [0.2, 0.25) is 5.82 Å². The SMILES string of the molecule is FC(F)(F)c1nc2ccccc2n1-c1cccc(-n2ccnc2)c1. The predicted octanol–water partition coefficient (Wildman–Crippen LogP) is 4.23. The van der Waals surface area contributed by atoms with Crippen LogP contribution in [-0.2, 0) is 6.18 Å². The highest BCUT2D eigenvalue weighted by molar-refractivity contribution is 5.78. The molecule has 4 nitrogen and oxygen atoms in total. The van der Waals surface area contributed by atoms with Crippen molar-refractivity contribution in [2.75, 3.05) is 0 Å². The van der Waals surface area contributed by atoms with Crippen LogP contribution in [0, 0.1) is 0 Å². The molecule has 0 amide bonds. The van der Waals surface area contributed by atoms with Gasteiger partial charge in [0.1, 0.15) is 0 Å². The molecule has 24 heavy (non-hydrogen) atoms. The molecule has 0 fully saturated rings. The zero-order valence-electron chi connectivity index (χ0n) is 12.3. The van der Waals surface area contributed by atoms with Gasteiger partial charge in [-0.05, 0) is 30.3 Å². The third kappa shape index (κ3) is 2.34. The molecule has 0 unspecified atom stereocenters. The van der Waals surface area contributed by atoms with Crippen LogP contribution in [0.4, 0.5) is 13.2 Å². The summed E-state index contributed by atoms with van der Waals surface area (Å²) in [4.78, 5) is 7.73. The number of hydrogen-bond donors (Lipinski definition) is 0. The van der Waals surface area contributed by atoms with Gasteiger partial charge in [0.05, 0.1) is 17.4 Å². The van der Waals surface area contributed by atoms with Gasteiger partial charge in [0, 0.05) is 23.8 Å². The summed E-state index contributed by atoms with van der Waals surface area (Å²) >= 11 is 0. The normalized spacial score (nSPS) is 12.0. The van der Waals surface area contributed by atoms with Crippen LogP contribution in [-0.4, -0.2) is 19.1 Å². The van der Waals surface area contributed by atoms with Crippen molar-refractivity contribution in [1.29, 1.82) is 0 Å². The van der Waals surface area contributed by atoms with Crippen LogP contribution >= 0.6 is 0 Å². The summed E-state index contributed by atoms with van der Waals surface area (Å²) in [5.74, 6) is -0.938. The van der Waals surface area contributed by atoms with Crippen LogP contribution in [0.5, 0.6) is 0 Å². The van der Waals surface area contributed by atoms with E-state index in [1.165, 1.54) is 0 Å². The standard InChI is InChI=1S/C17H11F3N4/c18-17(19,20)16-22-14-6-1-2-7-15(14)24(16)13-5-3-4-12(10-13)23-9-8-21-11-23/h1-11H. The first-order valence-electron chi connectivity index (χ1n) is 7.17. The topological polar surface area (TPSA) is 35.6 Å². The Kier molecular flexibility index (Phi) is 3.16. The van der Waals surface area contributed by atoms with Crippen molar-refractivity contribution in [3.8, 4) is 11.4 Å². The largest absolute Gasteiger partial charge is 0.450 e. The molecule has 0 aliphatic heterocycles. The lowest BCUT2D eigenvalue weighted by Gasteiger charge is -2.13. The second kappa shape index (κ2) is 5.23. The monoisotopic (exact) mass is 328 g/mol. The molecular formula is C17H11F3N4. The average Bonchev–Trinajstić information content (AvgIpc) is 3.22. The molecular weight excluding hydrogens is 317 g/mol. The summed E-state index contributed by atoms with van der Waals surface area (Å²) < 4.78 is 43.2. The number of nitrogens with zero attached hydrogens (tertiary/aromatic N) is 4. The van der Waals surface area contributed by atoms with E-state index in [-0.39, 0.29) is 0 Å². The van der Waals surface area contributed by atoms with E-state index in [4.69, 9.17) is 0 Å². The second-order valence-corrected chi connectivity index (χ2v) is 5.25. The van der Waals surface area contributed by atoms with E-state index in [2.05, 4.69) is 9.97 Å². The number of rotatable bonds is 2. The summed E-state index contributed by atoms with van der Waals surface area (Å²) in [7, 11) is 0. The summed E-state index contributed by atoms with van der Waals surface area (Å²) in [6.07, 6.45) is 0.385. The Balaban J connectivity index is 1.98. The third-order valence-corrected chi connectivity index (χ3v) is 3.70. The molecule has 0 atom stereocenters. The number of hydrogen-bond acceptors (Lipinski definition) is 2. The number of alkyl halides is 3. The van der Waals surface area contributed by atoms with E-state index in [9.17, 15) is 13.2 Å². The van der Waals surface area contributed by atoms with Gasteiger partial charge in [-0.1, -0.05) is 18.2 Å². The lowest BCUT2D eigenvalue weighted by atomic mass is 10.2. The number of fused-ring (bicyclic) bond motifs is 1. The summed E-state index contributed by atoms with van der Waals surface area (Å²) in [6.45, 7) is 0. The number of para-hydroxylation sites is 2. The van der Waals surface area contributed by atoms with Crippen molar-refractivity contribution >= 4 is 11.0 Å². The van der Waals surface area contributed by atoms with E-state index in [0.29, 0.717) is 16.7 Å². The Hall–Kier alpha value is -3.09. The molecule has 7 heteroatoms. The summed E-state index contributed by atoms with van der Waals surface area (Å²) in [6, 6.07) is 13.4. The van der Waals surface area contributed by atoms with Gasteiger partial charge in [0.15, 0.2) is 0 Å². The maximum absolute atomic E-state index is 13.4. The molecule has 120 valence electrons. The van der Waals surface area contributed by atoms with Gasteiger partial charge in [-0.3, -0.25) is 4.57 Å². The maximum atomic E-state index is 13.4. The average molecular weight is 328 g/mol. The van der Waals surface area contributed by atoms with Gasteiger partial charge in [0.25, 0.3) is 0 Å². The molecule has 0 saturated heterocycles. The number of benzene rings is 2. The molecule has 0 spiro atoms. The van der Waals surface area contributed by atoms with Crippen LogP contribution < -0.4 is 0 Å². The molecule has 4 aromatic rings. The van der Waals surface area contributed by atoms with E-state index >= 15 is 0 Å². The Morgan fingerprint density at radius 3 is 2.46 bits per heavy atom. The molecule has 4 rings (SSSR count).